The Morgan fingerprint density at radius 2 is 2.14 bits per heavy atom. The molecule has 0 amide bonds. The van der Waals surface area contributed by atoms with Gasteiger partial charge in [-0.1, -0.05) is 20.8 Å². The first kappa shape index (κ1) is 17.2. The van der Waals surface area contributed by atoms with Crippen molar-refractivity contribution in [2.24, 2.45) is 0 Å². The number of hydrogen-bond donors (Lipinski definition) is 1. The van der Waals surface area contributed by atoms with Crippen LogP contribution in [0.2, 0.25) is 0 Å². The van der Waals surface area contributed by atoms with Crippen molar-refractivity contribution in [3.05, 3.63) is 39.7 Å². The molecule has 5 heteroatoms. The highest BCUT2D eigenvalue weighted by atomic mass is 32.1. The molecular formula is C17H26N2O2S. The molecule has 4 nitrogen and oxygen atoms in total. The summed E-state index contributed by atoms with van der Waals surface area (Å²) in [7, 11) is 1.71. The summed E-state index contributed by atoms with van der Waals surface area (Å²) < 4.78 is 10.8. The second-order valence-electron chi connectivity index (χ2n) is 6.63. The number of ether oxygens (including phenoxy) is 1. The lowest BCUT2D eigenvalue weighted by atomic mass is 9.98. The third-order valence-corrected chi connectivity index (χ3v) is 5.30. The van der Waals surface area contributed by atoms with Gasteiger partial charge in [0.2, 0.25) is 0 Å². The summed E-state index contributed by atoms with van der Waals surface area (Å²) in [6, 6.07) is 4.11. The van der Waals surface area contributed by atoms with Gasteiger partial charge in [-0.25, -0.2) is 4.98 Å². The molecule has 0 radical (unpaired) electrons. The fourth-order valence-corrected chi connectivity index (χ4v) is 3.51. The topological polar surface area (TPSA) is 47.3 Å². The number of nitrogens with one attached hydrogen (secondary N) is 1. The zero-order valence-corrected chi connectivity index (χ0v) is 15.1. The second-order valence-corrected chi connectivity index (χ2v) is 7.66. The van der Waals surface area contributed by atoms with E-state index in [-0.39, 0.29) is 17.5 Å². The van der Waals surface area contributed by atoms with Crippen molar-refractivity contribution in [2.45, 2.75) is 52.1 Å². The van der Waals surface area contributed by atoms with E-state index in [0.29, 0.717) is 6.61 Å². The zero-order valence-electron chi connectivity index (χ0n) is 14.3. The Balaban J connectivity index is 2.17. The fraction of sp³-hybridized carbons (Fsp3) is 0.588. The smallest absolute Gasteiger partial charge is 0.123 e. The van der Waals surface area contributed by atoms with Crippen molar-refractivity contribution >= 4 is 11.3 Å². The summed E-state index contributed by atoms with van der Waals surface area (Å²) in [4.78, 5) is 6.02. The monoisotopic (exact) mass is 322 g/mol. The minimum absolute atomic E-state index is 0.0367. The van der Waals surface area contributed by atoms with Crippen LogP contribution in [0.1, 0.15) is 61.1 Å². The number of aryl methyl sites for hydroxylation is 1. The van der Waals surface area contributed by atoms with Gasteiger partial charge in [0.1, 0.15) is 5.76 Å². The Morgan fingerprint density at radius 1 is 1.41 bits per heavy atom. The molecule has 0 spiro atoms. The van der Waals surface area contributed by atoms with Gasteiger partial charge in [-0.05, 0) is 26.0 Å². The van der Waals surface area contributed by atoms with Gasteiger partial charge < -0.3 is 9.15 Å². The van der Waals surface area contributed by atoms with Gasteiger partial charge in [0, 0.05) is 23.4 Å². The third-order valence-electron chi connectivity index (χ3n) is 3.54. The van der Waals surface area contributed by atoms with Crippen LogP contribution in [0.25, 0.3) is 0 Å². The molecule has 0 fully saturated rings. The average molecular weight is 322 g/mol. The summed E-state index contributed by atoms with van der Waals surface area (Å²) in [5, 5.41) is 4.77. The van der Waals surface area contributed by atoms with E-state index in [1.807, 2.05) is 12.1 Å². The summed E-state index contributed by atoms with van der Waals surface area (Å²) in [5.41, 5.74) is 1.19. The summed E-state index contributed by atoms with van der Waals surface area (Å²) in [5.74, 6) is 0.895. The lowest BCUT2D eigenvalue weighted by molar-refractivity contribution is 0.152. The molecule has 2 aromatic rings. The minimum atomic E-state index is 0.0367. The molecule has 2 rings (SSSR count). The van der Waals surface area contributed by atoms with Crippen molar-refractivity contribution < 1.29 is 9.15 Å². The maximum atomic E-state index is 5.52. The van der Waals surface area contributed by atoms with Gasteiger partial charge in [0.05, 0.1) is 29.6 Å². The summed E-state index contributed by atoms with van der Waals surface area (Å²) in [6.45, 7) is 11.4. The number of hydrogen-bond acceptors (Lipinski definition) is 5. The molecule has 1 N–H and O–H groups in total. The molecule has 0 saturated carbocycles. The summed E-state index contributed by atoms with van der Waals surface area (Å²) in [6.07, 6.45) is 1.69. The minimum Gasteiger partial charge on any atom is -0.468 e. The van der Waals surface area contributed by atoms with E-state index in [1.165, 1.54) is 9.88 Å². The van der Waals surface area contributed by atoms with Crippen LogP contribution < -0.4 is 5.32 Å². The predicted octanol–water partition coefficient (Wildman–Crippen LogP) is 4.38. The molecule has 0 aliphatic carbocycles. The van der Waals surface area contributed by atoms with Crippen molar-refractivity contribution in [2.75, 3.05) is 13.7 Å². The largest absolute Gasteiger partial charge is 0.468 e. The highest BCUT2D eigenvalue weighted by Gasteiger charge is 2.24. The van der Waals surface area contributed by atoms with Crippen molar-refractivity contribution in [3.63, 3.8) is 0 Å². The van der Waals surface area contributed by atoms with Crippen LogP contribution in [0.4, 0.5) is 0 Å². The first-order valence-electron chi connectivity index (χ1n) is 7.59. The quantitative estimate of drug-likeness (QED) is 0.857. The Morgan fingerprint density at radius 3 is 2.64 bits per heavy atom. The molecule has 122 valence electrons. The third kappa shape index (κ3) is 3.97. The van der Waals surface area contributed by atoms with E-state index < -0.39 is 0 Å². The van der Waals surface area contributed by atoms with Gasteiger partial charge in [-0.3, -0.25) is 5.32 Å². The molecule has 22 heavy (non-hydrogen) atoms. The normalized spacial score (nSPS) is 15.0. The van der Waals surface area contributed by atoms with E-state index in [2.05, 4.69) is 39.9 Å². The number of thiazole rings is 1. The molecule has 0 bridgehead atoms. The highest BCUT2D eigenvalue weighted by Crippen LogP contribution is 2.33. The van der Waals surface area contributed by atoms with E-state index >= 15 is 0 Å². The number of rotatable bonds is 6. The molecule has 2 atom stereocenters. The van der Waals surface area contributed by atoms with Crippen LogP contribution in [0, 0.1) is 6.92 Å². The van der Waals surface area contributed by atoms with Gasteiger partial charge in [0.25, 0.3) is 0 Å². The molecule has 0 unspecified atom stereocenters. The lowest BCUT2D eigenvalue weighted by Gasteiger charge is -2.21. The molecular weight excluding hydrogens is 296 g/mol. The molecule has 0 aliphatic rings. The highest BCUT2D eigenvalue weighted by molar-refractivity contribution is 7.12. The SMILES string of the molecule is COC[C@@H](N[C@@H](C)c1sc(C(C)(C)C)nc1C)c1ccco1. The van der Waals surface area contributed by atoms with Gasteiger partial charge in [-0.2, -0.15) is 0 Å². The van der Waals surface area contributed by atoms with Crippen LogP contribution in [-0.2, 0) is 10.2 Å². The maximum Gasteiger partial charge on any atom is 0.123 e. The second kappa shape index (κ2) is 6.94. The molecule has 0 aliphatic heterocycles. The Labute approximate surface area is 136 Å². The van der Waals surface area contributed by atoms with Gasteiger partial charge >= 0.3 is 0 Å². The molecule has 2 aromatic heterocycles. The van der Waals surface area contributed by atoms with Gasteiger partial charge in [0.15, 0.2) is 0 Å². The summed E-state index contributed by atoms with van der Waals surface area (Å²) >= 11 is 1.79. The molecule has 0 saturated heterocycles. The average Bonchev–Trinajstić information content (AvgIpc) is 3.06. The maximum absolute atomic E-state index is 5.52. The number of methoxy groups -OCH3 is 1. The first-order chi connectivity index (χ1) is 10.3. The number of aromatic nitrogens is 1. The van der Waals surface area contributed by atoms with E-state index in [9.17, 15) is 0 Å². The van der Waals surface area contributed by atoms with Crippen molar-refractivity contribution in [3.8, 4) is 0 Å². The van der Waals surface area contributed by atoms with Crippen molar-refractivity contribution in [1.82, 2.24) is 10.3 Å². The molecule has 0 aromatic carbocycles. The predicted molar refractivity (Wildman–Crippen MR) is 90.4 cm³/mol. The van der Waals surface area contributed by atoms with Crippen LogP contribution in [0.5, 0.6) is 0 Å². The van der Waals surface area contributed by atoms with E-state index in [4.69, 9.17) is 14.1 Å². The van der Waals surface area contributed by atoms with E-state index in [1.54, 1.807) is 24.7 Å². The van der Waals surface area contributed by atoms with Crippen LogP contribution in [-0.4, -0.2) is 18.7 Å². The number of furan rings is 1. The Hall–Kier alpha value is -1.17. The lowest BCUT2D eigenvalue weighted by Crippen LogP contribution is -2.27. The van der Waals surface area contributed by atoms with Crippen LogP contribution in [0.15, 0.2) is 22.8 Å². The number of nitrogens with zero attached hydrogens (tertiary/aromatic N) is 1. The van der Waals surface area contributed by atoms with Crippen LogP contribution in [0.3, 0.4) is 0 Å². The van der Waals surface area contributed by atoms with E-state index in [0.717, 1.165) is 11.5 Å². The van der Waals surface area contributed by atoms with Gasteiger partial charge in [-0.15, -0.1) is 11.3 Å². The Bertz CT molecular complexity index is 584. The fourth-order valence-electron chi connectivity index (χ4n) is 2.38. The zero-order chi connectivity index (χ0) is 16.3. The van der Waals surface area contributed by atoms with Crippen molar-refractivity contribution in [1.29, 1.82) is 0 Å². The Kier molecular flexibility index (Phi) is 5.42. The standard InChI is InChI=1S/C17H26N2O2S/c1-11(15-12(2)19-16(22-15)17(3,4)5)18-13(10-20-6)14-8-7-9-21-14/h7-9,11,13,18H,10H2,1-6H3/t11-,13+/m0/s1. The first-order valence-corrected chi connectivity index (χ1v) is 8.40. The van der Waals surface area contributed by atoms with Crippen LogP contribution >= 0.6 is 11.3 Å². The molecule has 2 heterocycles.